The maximum absolute atomic E-state index is 15.5. The van der Waals surface area contributed by atoms with Crippen molar-refractivity contribution >= 4 is 0 Å². The summed E-state index contributed by atoms with van der Waals surface area (Å²) in [5.74, 6) is 1.28. The van der Waals surface area contributed by atoms with Crippen molar-refractivity contribution in [2.75, 3.05) is 0 Å². The molecular formula is C43H55F3. The van der Waals surface area contributed by atoms with Crippen LogP contribution in [0.3, 0.4) is 0 Å². The lowest BCUT2D eigenvalue weighted by Crippen LogP contribution is -2.25. The van der Waals surface area contributed by atoms with Gasteiger partial charge < -0.3 is 0 Å². The lowest BCUT2D eigenvalue weighted by atomic mass is 9.68. The van der Waals surface area contributed by atoms with Gasteiger partial charge in [0.15, 0.2) is 11.6 Å². The third-order valence-electron chi connectivity index (χ3n) is 11.3. The predicted molar refractivity (Wildman–Crippen MR) is 188 cm³/mol. The fourth-order valence-electron chi connectivity index (χ4n) is 8.35. The van der Waals surface area contributed by atoms with Crippen LogP contribution >= 0.6 is 0 Å². The number of unbranched alkanes of at least 4 members (excludes halogenated alkanes) is 6. The molecule has 248 valence electrons. The molecule has 0 saturated heterocycles. The number of hydrogen-bond acceptors (Lipinski definition) is 0. The first-order chi connectivity index (χ1) is 22.5. The van der Waals surface area contributed by atoms with Gasteiger partial charge in [0, 0.05) is 11.1 Å². The average molecular weight is 629 g/mol. The summed E-state index contributed by atoms with van der Waals surface area (Å²) in [6, 6.07) is 16.3. The second kappa shape index (κ2) is 17.4. The van der Waals surface area contributed by atoms with Crippen LogP contribution in [0, 0.1) is 35.2 Å². The Morgan fingerprint density at radius 3 is 1.87 bits per heavy atom. The maximum Gasteiger partial charge on any atom is 0.166 e. The average Bonchev–Trinajstić information content (AvgIpc) is 3.09. The maximum atomic E-state index is 15.5. The normalized spacial score (nSPS) is 21.7. The number of benzene rings is 3. The largest absolute Gasteiger partial charge is 0.206 e. The SMILES string of the molecule is C=CCCC1CCC(C2CCC(c3ccc(-c4ccc(-c5ccc(CCCCCCCCC)c(F)c5F)cc4)c(F)c3)CC2)CC1. The molecule has 3 heteroatoms. The molecule has 0 amide bonds. The fourth-order valence-corrected chi connectivity index (χ4v) is 8.35. The van der Waals surface area contributed by atoms with Gasteiger partial charge >= 0.3 is 0 Å². The van der Waals surface area contributed by atoms with E-state index in [1.165, 1.54) is 70.6 Å². The molecule has 3 aromatic rings. The van der Waals surface area contributed by atoms with E-state index in [1.807, 2.05) is 18.2 Å². The molecule has 3 aromatic carbocycles. The van der Waals surface area contributed by atoms with E-state index in [4.69, 9.17) is 0 Å². The molecule has 5 rings (SSSR count). The predicted octanol–water partition coefficient (Wildman–Crippen LogP) is 13.8. The minimum absolute atomic E-state index is 0.211. The number of aryl methyl sites for hydroxylation is 1. The van der Waals surface area contributed by atoms with Crippen LogP contribution in [0.2, 0.25) is 0 Å². The first-order valence-corrected chi connectivity index (χ1v) is 18.5. The minimum Gasteiger partial charge on any atom is -0.206 e. The third-order valence-corrected chi connectivity index (χ3v) is 11.3. The van der Waals surface area contributed by atoms with E-state index >= 15 is 8.78 Å². The Morgan fingerprint density at radius 1 is 0.652 bits per heavy atom. The first kappa shape index (κ1) is 34.5. The Hall–Kier alpha value is -2.81. The molecule has 0 nitrogen and oxygen atoms in total. The van der Waals surface area contributed by atoms with E-state index in [-0.39, 0.29) is 11.4 Å². The number of allylic oxidation sites excluding steroid dienone is 1. The number of hydrogen-bond donors (Lipinski definition) is 0. The van der Waals surface area contributed by atoms with E-state index in [0.29, 0.717) is 29.0 Å². The van der Waals surface area contributed by atoms with Crippen LogP contribution in [0.25, 0.3) is 22.3 Å². The molecule has 0 atom stereocenters. The van der Waals surface area contributed by atoms with Crippen LogP contribution in [-0.4, -0.2) is 0 Å². The van der Waals surface area contributed by atoms with Crippen LogP contribution in [0.5, 0.6) is 0 Å². The fraction of sp³-hybridized carbons (Fsp3) is 0.535. The summed E-state index contributed by atoms with van der Waals surface area (Å²) in [4.78, 5) is 0. The Balaban J connectivity index is 1.14. The molecule has 2 aliphatic rings. The lowest BCUT2D eigenvalue weighted by molar-refractivity contribution is 0.157. The van der Waals surface area contributed by atoms with Crippen molar-refractivity contribution in [2.45, 2.75) is 128 Å². The van der Waals surface area contributed by atoms with Gasteiger partial charge in [0.2, 0.25) is 0 Å². The summed E-state index contributed by atoms with van der Waals surface area (Å²) in [6.45, 7) is 6.09. The van der Waals surface area contributed by atoms with Crippen molar-refractivity contribution in [3.63, 3.8) is 0 Å². The Morgan fingerprint density at radius 2 is 1.24 bits per heavy atom. The van der Waals surface area contributed by atoms with Crippen LogP contribution in [0.4, 0.5) is 13.2 Å². The Kier molecular flexibility index (Phi) is 13.0. The van der Waals surface area contributed by atoms with E-state index < -0.39 is 11.6 Å². The molecule has 2 fully saturated rings. The van der Waals surface area contributed by atoms with Gasteiger partial charge in [-0.3, -0.25) is 0 Å². The monoisotopic (exact) mass is 628 g/mol. The van der Waals surface area contributed by atoms with Crippen molar-refractivity contribution in [1.29, 1.82) is 0 Å². The smallest absolute Gasteiger partial charge is 0.166 e. The van der Waals surface area contributed by atoms with Gasteiger partial charge in [0.05, 0.1) is 0 Å². The van der Waals surface area contributed by atoms with Gasteiger partial charge in [-0.15, -0.1) is 6.58 Å². The third kappa shape index (κ3) is 8.96. The second-order valence-corrected chi connectivity index (χ2v) is 14.3. The molecule has 0 heterocycles. The molecule has 0 bridgehead atoms. The number of halogens is 3. The second-order valence-electron chi connectivity index (χ2n) is 14.3. The first-order valence-electron chi connectivity index (χ1n) is 18.5. The molecule has 0 aliphatic heterocycles. The van der Waals surface area contributed by atoms with Crippen molar-refractivity contribution in [3.8, 4) is 22.3 Å². The quantitative estimate of drug-likeness (QED) is 0.116. The lowest BCUT2D eigenvalue weighted by Gasteiger charge is -2.38. The van der Waals surface area contributed by atoms with E-state index in [1.54, 1.807) is 30.3 Å². The van der Waals surface area contributed by atoms with Gasteiger partial charge in [-0.2, -0.15) is 0 Å². The summed E-state index contributed by atoms with van der Waals surface area (Å²) in [6.07, 6.45) is 23.4. The minimum atomic E-state index is -0.797. The number of rotatable bonds is 15. The Bertz CT molecular complexity index is 1370. The molecule has 46 heavy (non-hydrogen) atoms. The molecular weight excluding hydrogens is 573 g/mol. The van der Waals surface area contributed by atoms with Gasteiger partial charge in [-0.25, -0.2) is 13.2 Å². The zero-order valence-electron chi connectivity index (χ0n) is 28.2. The highest BCUT2D eigenvalue weighted by molar-refractivity contribution is 5.71. The highest BCUT2D eigenvalue weighted by Crippen LogP contribution is 2.45. The van der Waals surface area contributed by atoms with E-state index in [2.05, 4.69) is 25.6 Å². The van der Waals surface area contributed by atoms with E-state index in [9.17, 15) is 4.39 Å². The summed E-state index contributed by atoms with van der Waals surface area (Å²) < 4.78 is 45.5. The van der Waals surface area contributed by atoms with Crippen LogP contribution in [0.1, 0.15) is 133 Å². The topological polar surface area (TPSA) is 0 Å². The van der Waals surface area contributed by atoms with Crippen LogP contribution in [-0.2, 0) is 6.42 Å². The van der Waals surface area contributed by atoms with Crippen LogP contribution < -0.4 is 0 Å². The van der Waals surface area contributed by atoms with Crippen molar-refractivity contribution < 1.29 is 13.2 Å². The molecule has 0 aromatic heterocycles. The van der Waals surface area contributed by atoms with Gasteiger partial charge in [0.1, 0.15) is 5.82 Å². The molecule has 0 unspecified atom stereocenters. The summed E-state index contributed by atoms with van der Waals surface area (Å²) in [5.41, 5.74) is 3.70. The molecule has 2 aliphatic carbocycles. The Labute approximate surface area is 276 Å². The van der Waals surface area contributed by atoms with Gasteiger partial charge in [0.25, 0.3) is 0 Å². The van der Waals surface area contributed by atoms with E-state index in [0.717, 1.165) is 67.4 Å². The van der Waals surface area contributed by atoms with Crippen molar-refractivity contribution in [1.82, 2.24) is 0 Å². The zero-order chi connectivity index (χ0) is 32.3. The van der Waals surface area contributed by atoms with Crippen molar-refractivity contribution in [3.05, 3.63) is 95.8 Å². The standard InChI is InChI=1S/C43H55F3/c1-3-5-7-8-9-10-11-13-37-26-29-40(43(46)42(37)45)36-24-22-35(23-25-36)39-28-27-38(30-41(39)44)34-20-18-33(19-21-34)32-16-14-31(15-17-32)12-6-4-2/h4,22-34H,2-3,5-21H2,1H3. The summed E-state index contributed by atoms with van der Waals surface area (Å²) >= 11 is 0. The molecule has 0 N–H and O–H groups in total. The molecule has 0 spiro atoms. The summed E-state index contributed by atoms with van der Waals surface area (Å²) in [7, 11) is 0. The van der Waals surface area contributed by atoms with Crippen LogP contribution in [0.15, 0.2) is 67.3 Å². The molecule has 2 saturated carbocycles. The van der Waals surface area contributed by atoms with Gasteiger partial charge in [-0.1, -0.05) is 113 Å². The molecule has 0 radical (unpaired) electrons. The van der Waals surface area contributed by atoms with Crippen molar-refractivity contribution in [2.24, 2.45) is 17.8 Å². The summed E-state index contributed by atoms with van der Waals surface area (Å²) in [5, 5.41) is 0. The van der Waals surface area contributed by atoms with Gasteiger partial charge in [-0.05, 0) is 116 Å². The highest BCUT2D eigenvalue weighted by atomic mass is 19.2. The highest BCUT2D eigenvalue weighted by Gasteiger charge is 2.31. The zero-order valence-corrected chi connectivity index (χ0v) is 28.2.